The van der Waals surface area contributed by atoms with Crippen LogP contribution in [0.25, 0.3) is 0 Å². The first-order valence-corrected chi connectivity index (χ1v) is 5.33. The molecule has 0 aromatic heterocycles. The number of carbonyl (C=O) groups excluding carboxylic acids is 1. The molecule has 3 heteroatoms. The molecular weight excluding hydrogens is 279 g/mol. The number of rotatable bonds is 0. The first-order valence-electron chi connectivity index (χ1n) is 4.25. The van der Waals surface area contributed by atoms with Crippen molar-refractivity contribution in [3.63, 3.8) is 0 Å². The average Bonchev–Trinajstić information content (AvgIpc) is 2.27. The third-order valence-electron chi connectivity index (χ3n) is 2.11. The van der Waals surface area contributed by atoms with Crippen molar-refractivity contribution in [2.45, 2.75) is 19.3 Å². The van der Waals surface area contributed by atoms with Gasteiger partial charge in [0.25, 0.3) is 0 Å². The van der Waals surface area contributed by atoms with Crippen LogP contribution < -0.4 is 4.74 Å². The summed E-state index contributed by atoms with van der Waals surface area (Å²) in [5.74, 6) is 0.634. The molecule has 0 amide bonds. The molecule has 0 saturated heterocycles. The maximum Gasteiger partial charge on any atom is 0.311 e. The van der Waals surface area contributed by atoms with Crippen LogP contribution >= 0.6 is 22.6 Å². The number of hydrogen-bond acceptors (Lipinski definition) is 2. The summed E-state index contributed by atoms with van der Waals surface area (Å²) < 4.78 is 6.38. The van der Waals surface area contributed by atoms with Crippen molar-refractivity contribution >= 4 is 28.6 Å². The molecule has 0 spiro atoms. The van der Waals surface area contributed by atoms with Gasteiger partial charge >= 0.3 is 5.97 Å². The van der Waals surface area contributed by atoms with Crippen LogP contribution in [-0.4, -0.2) is 5.97 Å². The van der Waals surface area contributed by atoms with Gasteiger partial charge in [-0.25, -0.2) is 0 Å². The molecule has 1 aromatic rings. The van der Waals surface area contributed by atoms with E-state index in [0.29, 0.717) is 6.42 Å². The third kappa shape index (κ3) is 1.85. The largest absolute Gasteiger partial charge is 0.426 e. The Labute approximate surface area is 90.4 Å². The first kappa shape index (κ1) is 8.99. The molecule has 2 nitrogen and oxygen atoms in total. The number of fused-ring (bicyclic) bond motifs is 1. The summed E-state index contributed by atoms with van der Waals surface area (Å²) in [6.45, 7) is 0. The molecule has 1 aliphatic rings. The lowest BCUT2D eigenvalue weighted by Crippen LogP contribution is -2.05. The van der Waals surface area contributed by atoms with Crippen molar-refractivity contribution in [2.75, 3.05) is 0 Å². The van der Waals surface area contributed by atoms with E-state index >= 15 is 0 Å². The van der Waals surface area contributed by atoms with E-state index < -0.39 is 0 Å². The highest BCUT2D eigenvalue weighted by Crippen LogP contribution is 2.28. The topological polar surface area (TPSA) is 26.3 Å². The van der Waals surface area contributed by atoms with Crippen LogP contribution in [0.2, 0.25) is 0 Å². The van der Waals surface area contributed by atoms with Crippen molar-refractivity contribution < 1.29 is 9.53 Å². The molecule has 1 aliphatic heterocycles. The predicted octanol–water partition coefficient (Wildman–Crippen LogP) is 2.53. The number of halogens is 1. The molecule has 2 rings (SSSR count). The van der Waals surface area contributed by atoms with Gasteiger partial charge in [-0.3, -0.25) is 4.79 Å². The van der Waals surface area contributed by atoms with E-state index in [9.17, 15) is 4.79 Å². The Morgan fingerprint density at radius 3 is 3.00 bits per heavy atom. The van der Waals surface area contributed by atoms with E-state index in [1.54, 1.807) is 0 Å². The summed E-state index contributed by atoms with van der Waals surface area (Å²) in [6, 6.07) is 5.82. The van der Waals surface area contributed by atoms with Gasteiger partial charge in [-0.05, 0) is 47.6 Å². The van der Waals surface area contributed by atoms with Crippen molar-refractivity contribution in [3.05, 3.63) is 27.3 Å². The number of ether oxygens (including phenoxy) is 1. The van der Waals surface area contributed by atoms with Crippen LogP contribution in [0.4, 0.5) is 0 Å². The molecule has 1 aromatic carbocycles. The second-order valence-electron chi connectivity index (χ2n) is 3.04. The van der Waals surface area contributed by atoms with Gasteiger partial charge in [0.05, 0.1) is 0 Å². The quantitative estimate of drug-likeness (QED) is 0.416. The van der Waals surface area contributed by atoms with Crippen LogP contribution in [0.1, 0.15) is 18.4 Å². The normalized spacial score (nSPS) is 15.9. The van der Waals surface area contributed by atoms with E-state index in [1.807, 2.05) is 18.2 Å². The maximum absolute atomic E-state index is 11.1. The Kier molecular flexibility index (Phi) is 2.53. The van der Waals surface area contributed by atoms with E-state index in [4.69, 9.17) is 4.74 Å². The molecule has 0 radical (unpaired) electrons. The second-order valence-corrected chi connectivity index (χ2v) is 4.21. The standard InChI is InChI=1S/C10H9IO2/c11-8-4-2-5-9-7(8)3-1-6-10(12)13-9/h2,4-5H,1,3,6H2. The zero-order valence-electron chi connectivity index (χ0n) is 7.05. The zero-order chi connectivity index (χ0) is 9.26. The highest BCUT2D eigenvalue weighted by Gasteiger charge is 2.16. The van der Waals surface area contributed by atoms with E-state index in [0.717, 1.165) is 18.6 Å². The minimum Gasteiger partial charge on any atom is -0.426 e. The van der Waals surface area contributed by atoms with Crippen molar-refractivity contribution in [1.82, 2.24) is 0 Å². The highest BCUT2D eigenvalue weighted by molar-refractivity contribution is 14.1. The van der Waals surface area contributed by atoms with Crippen LogP contribution in [0, 0.1) is 3.57 Å². The van der Waals surface area contributed by atoms with Gasteiger partial charge in [0.1, 0.15) is 5.75 Å². The molecule has 0 unspecified atom stereocenters. The van der Waals surface area contributed by atoms with Gasteiger partial charge in [0.15, 0.2) is 0 Å². The van der Waals surface area contributed by atoms with Gasteiger partial charge < -0.3 is 4.74 Å². The summed E-state index contributed by atoms with van der Waals surface area (Å²) in [4.78, 5) is 11.1. The summed E-state index contributed by atoms with van der Waals surface area (Å²) in [7, 11) is 0. The van der Waals surface area contributed by atoms with Crippen LogP contribution in [0.5, 0.6) is 5.75 Å². The molecule has 0 N–H and O–H groups in total. The molecule has 1 heterocycles. The van der Waals surface area contributed by atoms with Gasteiger partial charge in [0, 0.05) is 15.6 Å². The monoisotopic (exact) mass is 288 g/mol. The molecule has 13 heavy (non-hydrogen) atoms. The van der Waals surface area contributed by atoms with E-state index in [-0.39, 0.29) is 5.97 Å². The van der Waals surface area contributed by atoms with Crippen molar-refractivity contribution in [3.8, 4) is 5.75 Å². The third-order valence-corrected chi connectivity index (χ3v) is 3.12. The van der Waals surface area contributed by atoms with Crippen LogP contribution in [-0.2, 0) is 11.2 Å². The predicted molar refractivity (Wildman–Crippen MR) is 57.7 cm³/mol. The summed E-state index contributed by atoms with van der Waals surface area (Å²) in [5, 5.41) is 0. The van der Waals surface area contributed by atoms with E-state index in [2.05, 4.69) is 22.6 Å². The molecule has 0 fully saturated rings. The summed E-state index contributed by atoms with van der Waals surface area (Å²) >= 11 is 2.28. The Morgan fingerprint density at radius 1 is 1.31 bits per heavy atom. The maximum atomic E-state index is 11.1. The average molecular weight is 288 g/mol. The Hall–Kier alpha value is -0.580. The number of esters is 1. The lowest BCUT2D eigenvalue weighted by molar-refractivity contribution is -0.134. The summed E-state index contributed by atoms with van der Waals surface area (Å²) in [5.41, 5.74) is 1.17. The minimum absolute atomic E-state index is 0.110. The lowest BCUT2D eigenvalue weighted by atomic mass is 10.1. The molecule has 0 saturated carbocycles. The minimum atomic E-state index is -0.110. The van der Waals surface area contributed by atoms with Crippen molar-refractivity contribution in [1.29, 1.82) is 0 Å². The number of benzene rings is 1. The molecular formula is C10H9IO2. The highest BCUT2D eigenvalue weighted by atomic mass is 127. The number of hydrogen-bond donors (Lipinski definition) is 0. The van der Waals surface area contributed by atoms with Crippen LogP contribution in [0.15, 0.2) is 18.2 Å². The van der Waals surface area contributed by atoms with Gasteiger partial charge in [-0.1, -0.05) is 6.07 Å². The smallest absolute Gasteiger partial charge is 0.311 e. The summed E-state index contributed by atoms with van der Waals surface area (Å²) in [6.07, 6.45) is 2.37. The fraction of sp³-hybridized carbons (Fsp3) is 0.300. The van der Waals surface area contributed by atoms with Gasteiger partial charge in [-0.2, -0.15) is 0 Å². The first-order chi connectivity index (χ1) is 6.27. The molecule has 0 bridgehead atoms. The van der Waals surface area contributed by atoms with Crippen molar-refractivity contribution in [2.24, 2.45) is 0 Å². The molecule has 68 valence electrons. The Balaban J connectivity index is 2.45. The fourth-order valence-corrected chi connectivity index (χ4v) is 2.20. The second kappa shape index (κ2) is 3.65. The SMILES string of the molecule is O=C1CCCc2c(I)cccc2O1. The molecule has 0 atom stereocenters. The Bertz CT molecular complexity index is 347. The Morgan fingerprint density at radius 2 is 2.15 bits per heavy atom. The fourth-order valence-electron chi connectivity index (χ4n) is 1.46. The zero-order valence-corrected chi connectivity index (χ0v) is 9.21. The van der Waals surface area contributed by atoms with Gasteiger partial charge in [-0.15, -0.1) is 0 Å². The van der Waals surface area contributed by atoms with Gasteiger partial charge in [0.2, 0.25) is 0 Å². The lowest BCUT2D eigenvalue weighted by Gasteiger charge is -2.06. The molecule has 0 aliphatic carbocycles. The van der Waals surface area contributed by atoms with E-state index in [1.165, 1.54) is 9.13 Å². The van der Waals surface area contributed by atoms with Crippen LogP contribution in [0.3, 0.4) is 0 Å². The number of carbonyl (C=O) groups is 1.